The van der Waals surface area contributed by atoms with Crippen molar-refractivity contribution < 1.29 is 37.3 Å². The van der Waals surface area contributed by atoms with Gasteiger partial charge in [-0.1, -0.05) is 11.3 Å². The number of ether oxygens (including phenoxy) is 3. The highest BCUT2D eigenvalue weighted by Crippen LogP contribution is 2.38. The van der Waals surface area contributed by atoms with Gasteiger partial charge in [-0.2, -0.15) is 13.2 Å². The molecule has 3 aliphatic heterocycles. The maximum Gasteiger partial charge on any atom is 0.490 e. The number of hydrogen-bond donors (Lipinski definition) is 1. The van der Waals surface area contributed by atoms with Crippen LogP contribution in [0.3, 0.4) is 0 Å². The molecule has 4 heterocycles. The molecule has 31 heavy (non-hydrogen) atoms. The molecule has 0 aromatic carbocycles. The van der Waals surface area contributed by atoms with Crippen LogP contribution in [0.4, 0.5) is 18.3 Å². The average Bonchev–Trinajstić information content (AvgIpc) is 3.34. The van der Waals surface area contributed by atoms with E-state index in [-0.39, 0.29) is 11.7 Å². The Hall–Kier alpha value is -1.50. The topological polar surface area (TPSA) is 94.0 Å². The largest absolute Gasteiger partial charge is 0.490 e. The molecule has 4 rings (SSSR count). The quantitative estimate of drug-likeness (QED) is 0.722. The zero-order valence-electron chi connectivity index (χ0n) is 17.4. The van der Waals surface area contributed by atoms with Crippen LogP contribution in [0.2, 0.25) is 0 Å². The zero-order chi connectivity index (χ0) is 22.5. The summed E-state index contributed by atoms with van der Waals surface area (Å²) in [4.78, 5) is 11.2. The lowest BCUT2D eigenvalue weighted by molar-refractivity contribution is -0.192. The Morgan fingerprint density at radius 2 is 1.94 bits per heavy atom. The first-order valence-electron chi connectivity index (χ1n) is 10.4. The van der Waals surface area contributed by atoms with E-state index < -0.39 is 12.1 Å². The summed E-state index contributed by atoms with van der Waals surface area (Å²) in [5.41, 5.74) is 0.0244. The maximum atomic E-state index is 10.6. The molecule has 0 radical (unpaired) electrons. The Labute approximate surface area is 182 Å². The Bertz CT molecular complexity index is 719. The van der Waals surface area contributed by atoms with E-state index in [4.69, 9.17) is 24.1 Å². The molecule has 8 nitrogen and oxygen atoms in total. The van der Waals surface area contributed by atoms with Crippen molar-refractivity contribution in [2.24, 2.45) is 5.92 Å². The molecule has 1 unspecified atom stereocenters. The van der Waals surface area contributed by atoms with E-state index in [1.54, 1.807) is 11.3 Å². The van der Waals surface area contributed by atoms with Crippen molar-refractivity contribution in [3.8, 4) is 0 Å². The van der Waals surface area contributed by atoms with Crippen LogP contribution >= 0.6 is 11.3 Å². The van der Waals surface area contributed by atoms with Crippen LogP contribution in [-0.4, -0.2) is 78.7 Å². The Balaban J connectivity index is 0.000000339. The van der Waals surface area contributed by atoms with Crippen LogP contribution in [0.15, 0.2) is 0 Å². The summed E-state index contributed by atoms with van der Waals surface area (Å²) >= 11 is 1.68. The molecule has 1 N–H and O–H groups in total. The van der Waals surface area contributed by atoms with Gasteiger partial charge in [0.1, 0.15) is 5.01 Å². The van der Waals surface area contributed by atoms with E-state index in [9.17, 15) is 13.2 Å². The van der Waals surface area contributed by atoms with Crippen molar-refractivity contribution in [1.29, 1.82) is 0 Å². The third-order valence-electron chi connectivity index (χ3n) is 5.79. The molecule has 1 aromatic heterocycles. The van der Waals surface area contributed by atoms with Gasteiger partial charge < -0.3 is 24.2 Å². The highest BCUT2D eigenvalue weighted by atomic mass is 32.1. The van der Waals surface area contributed by atoms with Gasteiger partial charge in [0.25, 0.3) is 0 Å². The summed E-state index contributed by atoms with van der Waals surface area (Å²) in [5.74, 6) is -2.09. The smallest absolute Gasteiger partial charge is 0.475 e. The third-order valence-corrected chi connectivity index (χ3v) is 6.69. The summed E-state index contributed by atoms with van der Waals surface area (Å²) in [7, 11) is 0. The second-order valence-electron chi connectivity index (χ2n) is 8.10. The molecule has 0 bridgehead atoms. The van der Waals surface area contributed by atoms with Crippen molar-refractivity contribution >= 4 is 22.4 Å². The van der Waals surface area contributed by atoms with Gasteiger partial charge >= 0.3 is 12.1 Å². The van der Waals surface area contributed by atoms with E-state index in [0.717, 1.165) is 81.8 Å². The van der Waals surface area contributed by atoms with Gasteiger partial charge in [-0.3, -0.25) is 0 Å². The minimum atomic E-state index is -5.08. The highest BCUT2D eigenvalue weighted by molar-refractivity contribution is 7.15. The molecule has 1 atom stereocenters. The van der Waals surface area contributed by atoms with E-state index in [1.165, 1.54) is 0 Å². The van der Waals surface area contributed by atoms with Crippen molar-refractivity contribution in [3.05, 3.63) is 5.01 Å². The molecular formula is C19H28F3N3O5S. The van der Waals surface area contributed by atoms with E-state index in [1.807, 2.05) is 6.92 Å². The van der Waals surface area contributed by atoms with Gasteiger partial charge in [0, 0.05) is 32.7 Å². The van der Waals surface area contributed by atoms with Crippen molar-refractivity contribution in [1.82, 2.24) is 10.2 Å². The maximum absolute atomic E-state index is 10.6. The molecule has 3 saturated heterocycles. The van der Waals surface area contributed by atoms with Gasteiger partial charge in [-0.15, -0.1) is 10.2 Å². The molecule has 0 saturated carbocycles. The minimum Gasteiger partial charge on any atom is -0.475 e. The van der Waals surface area contributed by atoms with Crippen LogP contribution in [0, 0.1) is 12.8 Å². The Morgan fingerprint density at radius 1 is 1.29 bits per heavy atom. The van der Waals surface area contributed by atoms with Crippen LogP contribution in [0.25, 0.3) is 0 Å². The van der Waals surface area contributed by atoms with Gasteiger partial charge in [-0.25, -0.2) is 4.79 Å². The number of hydrogen-bond acceptors (Lipinski definition) is 8. The molecule has 0 aliphatic carbocycles. The SMILES string of the molecule is Cc1nnc(N2CCC3(CC2)CC(OCC2CCOCC2)CO3)s1.O=C(O)C(F)(F)F. The predicted molar refractivity (Wildman–Crippen MR) is 106 cm³/mol. The monoisotopic (exact) mass is 467 g/mol. The number of aromatic nitrogens is 2. The molecule has 12 heteroatoms. The van der Waals surface area contributed by atoms with Crippen molar-refractivity contribution in [2.45, 2.75) is 56.9 Å². The van der Waals surface area contributed by atoms with Crippen LogP contribution in [0.1, 0.15) is 37.1 Å². The second kappa shape index (κ2) is 10.4. The van der Waals surface area contributed by atoms with E-state index in [2.05, 4.69) is 15.1 Å². The number of anilines is 1. The zero-order valence-corrected chi connectivity index (χ0v) is 18.2. The number of rotatable bonds is 4. The number of carboxylic acid groups (broad SMARTS) is 1. The normalized spacial score (nSPS) is 24.1. The molecule has 3 aliphatic rings. The Kier molecular flexibility index (Phi) is 8.11. The van der Waals surface area contributed by atoms with Crippen LogP contribution in [-0.2, 0) is 19.0 Å². The van der Waals surface area contributed by atoms with Crippen molar-refractivity contribution in [2.75, 3.05) is 44.4 Å². The lowest BCUT2D eigenvalue weighted by atomic mass is 9.88. The molecule has 176 valence electrons. The first-order chi connectivity index (χ1) is 14.7. The molecule has 0 amide bonds. The highest BCUT2D eigenvalue weighted by Gasteiger charge is 2.43. The average molecular weight is 468 g/mol. The van der Waals surface area contributed by atoms with E-state index >= 15 is 0 Å². The van der Waals surface area contributed by atoms with Crippen LogP contribution in [0.5, 0.6) is 0 Å². The second-order valence-corrected chi connectivity index (χ2v) is 9.26. The third kappa shape index (κ3) is 6.99. The van der Waals surface area contributed by atoms with Gasteiger partial charge in [0.2, 0.25) is 5.13 Å². The van der Waals surface area contributed by atoms with Crippen molar-refractivity contribution in [3.63, 3.8) is 0 Å². The number of carboxylic acids is 1. The summed E-state index contributed by atoms with van der Waals surface area (Å²) in [5, 5.41) is 17.6. The summed E-state index contributed by atoms with van der Waals surface area (Å²) in [6.07, 6.45) is 0.609. The Morgan fingerprint density at radius 3 is 2.48 bits per heavy atom. The lowest BCUT2D eigenvalue weighted by Crippen LogP contribution is -2.44. The molecular weight excluding hydrogens is 439 g/mol. The van der Waals surface area contributed by atoms with Gasteiger partial charge in [0.05, 0.1) is 24.9 Å². The van der Waals surface area contributed by atoms with Gasteiger partial charge in [-0.05, 0) is 38.5 Å². The summed E-state index contributed by atoms with van der Waals surface area (Å²) < 4.78 is 49.5. The number of nitrogens with zero attached hydrogens (tertiary/aromatic N) is 3. The van der Waals surface area contributed by atoms with Gasteiger partial charge in [0.15, 0.2) is 0 Å². The fourth-order valence-electron chi connectivity index (χ4n) is 3.96. The number of carbonyl (C=O) groups is 1. The first kappa shape index (κ1) is 24.1. The fraction of sp³-hybridized carbons (Fsp3) is 0.842. The van der Waals surface area contributed by atoms with E-state index in [0.29, 0.717) is 5.92 Å². The summed E-state index contributed by atoms with van der Waals surface area (Å²) in [6, 6.07) is 0. The fourth-order valence-corrected chi connectivity index (χ4v) is 4.70. The number of aliphatic carboxylic acids is 1. The number of halogens is 3. The number of aryl methyl sites for hydroxylation is 1. The predicted octanol–water partition coefficient (Wildman–Crippen LogP) is 3.05. The molecule has 1 spiro atoms. The summed E-state index contributed by atoms with van der Waals surface area (Å²) in [6.45, 7) is 7.40. The standard InChI is InChI=1S/C17H27N3O3S.C2HF3O2/c1-13-18-19-16(24-13)20-6-4-17(5-7-20)10-15(12-23-17)22-11-14-2-8-21-9-3-14;3-2(4,5)1(6)7/h14-15H,2-12H2,1H3;(H,6,7). The first-order valence-corrected chi connectivity index (χ1v) is 11.2. The minimum absolute atomic E-state index is 0.0244. The number of piperidine rings is 1. The van der Waals surface area contributed by atoms with Crippen LogP contribution < -0.4 is 4.90 Å². The molecule has 1 aromatic rings. The molecule has 3 fully saturated rings. The number of alkyl halides is 3. The lowest BCUT2D eigenvalue weighted by Gasteiger charge is -2.38.